The van der Waals surface area contributed by atoms with Crippen LogP contribution in [-0.2, 0) is 6.42 Å². The second kappa shape index (κ2) is 7.57. The second-order valence-electron chi connectivity index (χ2n) is 5.98. The summed E-state index contributed by atoms with van der Waals surface area (Å²) in [6.07, 6.45) is 2.69. The van der Waals surface area contributed by atoms with E-state index in [1.807, 2.05) is 18.2 Å². The number of ether oxygens (including phenoxy) is 2. The molecule has 3 rings (SSSR count). The molecule has 0 aliphatic carbocycles. The summed E-state index contributed by atoms with van der Waals surface area (Å²) in [6, 6.07) is 10.5. The molecule has 4 nitrogen and oxygen atoms in total. The molecule has 0 aliphatic heterocycles. The van der Waals surface area contributed by atoms with Crippen LogP contribution in [-0.4, -0.2) is 25.7 Å². The van der Waals surface area contributed by atoms with Gasteiger partial charge in [0.2, 0.25) is 0 Å². The molecule has 0 unspecified atom stereocenters. The summed E-state index contributed by atoms with van der Waals surface area (Å²) in [6.45, 7) is 0.647. The Bertz CT molecular complexity index is 874. The second-order valence-corrected chi connectivity index (χ2v) is 5.98. The van der Waals surface area contributed by atoms with Crippen LogP contribution in [0.3, 0.4) is 0 Å². The standard InChI is InChI=1S/C20H23FN2O2/c1-24-14-7-9-19(25-2)17(12-14)20-15(5-3-4-10-22)16-11-13(21)6-8-18(16)23-20/h6-9,11-12,23H,3-5,10,22H2,1-2H3. The van der Waals surface area contributed by atoms with Gasteiger partial charge in [0, 0.05) is 16.5 Å². The van der Waals surface area contributed by atoms with Gasteiger partial charge in [0.25, 0.3) is 0 Å². The summed E-state index contributed by atoms with van der Waals surface area (Å²) in [5.74, 6) is 1.25. The molecule has 1 heterocycles. The Morgan fingerprint density at radius 1 is 1.04 bits per heavy atom. The SMILES string of the molecule is COc1ccc(OC)c(-c2[nH]c3ccc(F)cc3c2CCCCN)c1. The maximum atomic E-state index is 13.8. The number of aromatic amines is 1. The molecular formula is C20H23FN2O2. The first kappa shape index (κ1) is 17.3. The Hall–Kier alpha value is -2.53. The van der Waals surface area contributed by atoms with Gasteiger partial charge < -0.3 is 20.2 Å². The Morgan fingerprint density at radius 3 is 2.60 bits per heavy atom. The highest BCUT2D eigenvalue weighted by Gasteiger charge is 2.17. The van der Waals surface area contributed by atoms with Crippen LogP contribution in [0.1, 0.15) is 18.4 Å². The number of halogens is 1. The van der Waals surface area contributed by atoms with Crippen molar-refractivity contribution < 1.29 is 13.9 Å². The third-order valence-corrected chi connectivity index (χ3v) is 4.43. The number of methoxy groups -OCH3 is 2. The van der Waals surface area contributed by atoms with Crippen molar-refractivity contribution >= 4 is 10.9 Å². The summed E-state index contributed by atoms with van der Waals surface area (Å²) in [7, 11) is 3.27. The quantitative estimate of drug-likeness (QED) is 0.630. The number of nitrogens with one attached hydrogen (secondary N) is 1. The molecule has 0 spiro atoms. The van der Waals surface area contributed by atoms with Crippen molar-refractivity contribution in [3.8, 4) is 22.8 Å². The number of rotatable bonds is 7. The van der Waals surface area contributed by atoms with Crippen LogP contribution in [0.2, 0.25) is 0 Å². The van der Waals surface area contributed by atoms with Gasteiger partial charge in [0.05, 0.1) is 19.9 Å². The molecule has 132 valence electrons. The van der Waals surface area contributed by atoms with E-state index in [0.29, 0.717) is 6.54 Å². The molecule has 0 amide bonds. The Morgan fingerprint density at radius 2 is 1.88 bits per heavy atom. The largest absolute Gasteiger partial charge is 0.497 e. The molecule has 0 saturated heterocycles. The van der Waals surface area contributed by atoms with Crippen LogP contribution >= 0.6 is 0 Å². The van der Waals surface area contributed by atoms with Gasteiger partial charge in [-0.2, -0.15) is 0 Å². The molecule has 0 saturated carbocycles. The van der Waals surface area contributed by atoms with Gasteiger partial charge in [0.15, 0.2) is 0 Å². The summed E-state index contributed by atoms with van der Waals surface area (Å²) in [4.78, 5) is 3.43. The first-order valence-electron chi connectivity index (χ1n) is 8.40. The van der Waals surface area contributed by atoms with E-state index in [1.165, 1.54) is 6.07 Å². The zero-order valence-electron chi connectivity index (χ0n) is 14.6. The molecule has 0 fully saturated rings. The number of H-pyrrole nitrogens is 1. The van der Waals surface area contributed by atoms with Crippen LogP contribution in [0, 0.1) is 5.82 Å². The van der Waals surface area contributed by atoms with Gasteiger partial charge >= 0.3 is 0 Å². The Balaban J connectivity index is 2.19. The van der Waals surface area contributed by atoms with Crippen LogP contribution in [0.4, 0.5) is 4.39 Å². The molecular weight excluding hydrogens is 319 g/mol. The number of fused-ring (bicyclic) bond motifs is 1. The van der Waals surface area contributed by atoms with E-state index in [4.69, 9.17) is 15.2 Å². The summed E-state index contributed by atoms with van der Waals surface area (Å²) < 4.78 is 24.7. The van der Waals surface area contributed by atoms with Gasteiger partial charge in [-0.25, -0.2) is 4.39 Å². The van der Waals surface area contributed by atoms with Crippen molar-refractivity contribution in [2.75, 3.05) is 20.8 Å². The third kappa shape index (κ3) is 3.46. The lowest BCUT2D eigenvalue weighted by Gasteiger charge is -2.11. The fourth-order valence-corrected chi connectivity index (χ4v) is 3.17. The molecule has 3 N–H and O–H groups in total. The molecule has 25 heavy (non-hydrogen) atoms. The first-order valence-corrected chi connectivity index (χ1v) is 8.40. The van der Waals surface area contributed by atoms with E-state index in [9.17, 15) is 4.39 Å². The molecule has 0 atom stereocenters. The summed E-state index contributed by atoms with van der Waals surface area (Å²) in [5, 5.41) is 0.900. The zero-order chi connectivity index (χ0) is 17.8. The Kier molecular flexibility index (Phi) is 5.24. The highest BCUT2D eigenvalue weighted by molar-refractivity contribution is 5.92. The lowest BCUT2D eigenvalue weighted by molar-refractivity contribution is 0.404. The predicted molar refractivity (Wildman–Crippen MR) is 98.8 cm³/mol. The third-order valence-electron chi connectivity index (χ3n) is 4.43. The first-order chi connectivity index (χ1) is 12.2. The normalized spacial score (nSPS) is 11.0. The lowest BCUT2D eigenvalue weighted by atomic mass is 9.99. The number of aryl methyl sites for hydroxylation is 1. The number of hydrogen-bond donors (Lipinski definition) is 2. The van der Waals surface area contributed by atoms with Gasteiger partial charge in [-0.15, -0.1) is 0 Å². The average Bonchev–Trinajstić information content (AvgIpc) is 2.99. The monoisotopic (exact) mass is 342 g/mol. The van der Waals surface area contributed by atoms with E-state index < -0.39 is 0 Å². The van der Waals surface area contributed by atoms with Crippen LogP contribution in [0.25, 0.3) is 22.2 Å². The van der Waals surface area contributed by atoms with Crippen molar-refractivity contribution in [2.45, 2.75) is 19.3 Å². The molecule has 2 aromatic carbocycles. The van der Waals surface area contributed by atoms with Crippen molar-refractivity contribution in [3.05, 3.63) is 47.8 Å². The molecule has 1 aromatic heterocycles. The van der Waals surface area contributed by atoms with E-state index in [0.717, 1.165) is 58.5 Å². The number of aromatic nitrogens is 1. The highest BCUT2D eigenvalue weighted by Crippen LogP contribution is 2.38. The molecule has 3 aromatic rings. The lowest BCUT2D eigenvalue weighted by Crippen LogP contribution is -1.99. The minimum atomic E-state index is -0.240. The van der Waals surface area contributed by atoms with Crippen molar-refractivity contribution in [1.82, 2.24) is 4.98 Å². The molecule has 5 heteroatoms. The van der Waals surface area contributed by atoms with Gasteiger partial charge in [-0.1, -0.05) is 0 Å². The van der Waals surface area contributed by atoms with E-state index in [2.05, 4.69) is 4.98 Å². The fraction of sp³-hybridized carbons (Fsp3) is 0.300. The van der Waals surface area contributed by atoms with E-state index in [1.54, 1.807) is 26.4 Å². The highest BCUT2D eigenvalue weighted by atomic mass is 19.1. The van der Waals surface area contributed by atoms with Crippen molar-refractivity contribution in [3.63, 3.8) is 0 Å². The minimum absolute atomic E-state index is 0.240. The van der Waals surface area contributed by atoms with Crippen molar-refractivity contribution in [2.24, 2.45) is 5.73 Å². The number of benzene rings is 2. The minimum Gasteiger partial charge on any atom is -0.497 e. The summed E-state index contributed by atoms with van der Waals surface area (Å²) >= 11 is 0. The van der Waals surface area contributed by atoms with Crippen LogP contribution in [0.15, 0.2) is 36.4 Å². The van der Waals surface area contributed by atoms with Crippen LogP contribution < -0.4 is 15.2 Å². The van der Waals surface area contributed by atoms with Crippen molar-refractivity contribution in [1.29, 1.82) is 0 Å². The number of hydrogen-bond acceptors (Lipinski definition) is 3. The zero-order valence-corrected chi connectivity index (χ0v) is 14.6. The maximum absolute atomic E-state index is 13.8. The summed E-state index contributed by atoms with van der Waals surface area (Å²) in [5.41, 5.74) is 9.46. The maximum Gasteiger partial charge on any atom is 0.128 e. The molecule has 0 radical (unpaired) electrons. The number of nitrogens with two attached hydrogens (primary N) is 1. The molecule has 0 aliphatic rings. The molecule has 0 bridgehead atoms. The average molecular weight is 342 g/mol. The van der Waals surface area contributed by atoms with Crippen LogP contribution in [0.5, 0.6) is 11.5 Å². The predicted octanol–water partition coefficient (Wildman–Crippen LogP) is 4.27. The van der Waals surface area contributed by atoms with Gasteiger partial charge in [-0.3, -0.25) is 0 Å². The smallest absolute Gasteiger partial charge is 0.128 e. The Labute approximate surface area is 146 Å². The number of unbranched alkanes of at least 4 members (excludes halogenated alkanes) is 1. The fourth-order valence-electron chi connectivity index (χ4n) is 3.17. The topological polar surface area (TPSA) is 60.3 Å². The van der Waals surface area contributed by atoms with E-state index >= 15 is 0 Å². The van der Waals surface area contributed by atoms with Gasteiger partial charge in [-0.05, 0) is 67.8 Å². The van der Waals surface area contributed by atoms with E-state index in [-0.39, 0.29) is 5.82 Å². The van der Waals surface area contributed by atoms with Gasteiger partial charge in [0.1, 0.15) is 17.3 Å².